The molecular formula is C15H20N2OS2. The number of ether oxygens (including phenoxy) is 1. The van der Waals surface area contributed by atoms with Gasteiger partial charge < -0.3 is 4.74 Å². The van der Waals surface area contributed by atoms with Crippen LogP contribution in [0.25, 0.3) is 10.2 Å². The van der Waals surface area contributed by atoms with Crippen LogP contribution < -0.4 is 0 Å². The minimum atomic E-state index is 0.396. The number of methoxy groups -OCH3 is 1. The van der Waals surface area contributed by atoms with E-state index in [9.17, 15) is 0 Å². The van der Waals surface area contributed by atoms with Crippen LogP contribution in [0.2, 0.25) is 0 Å². The third-order valence-electron chi connectivity index (χ3n) is 3.87. The molecule has 2 atom stereocenters. The molecule has 1 fully saturated rings. The minimum Gasteiger partial charge on any atom is -0.381 e. The maximum absolute atomic E-state index is 5.53. The zero-order valence-electron chi connectivity index (χ0n) is 12.1. The van der Waals surface area contributed by atoms with Gasteiger partial charge in [-0.3, -0.25) is 0 Å². The van der Waals surface area contributed by atoms with Gasteiger partial charge in [-0.1, -0.05) is 12.1 Å². The van der Waals surface area contributed by atoms with Crippen molar-refractivity contribution in [2.45, 2.75) is 49.2 Å². The van der Waals surface area contributed by atoms with Crippen LogP contribution in [-0.2, 0) is 4.74 Å². The molecule has 0 amide bonds. The molecule has 0 spiro atoms. The number of rotatable bonds is 3. The van der Waals surface area contributed by atoms with Crippen LogP contribution in [0, 0.1) is 0 Å². The number of nitrogens with zero attached hydrogens (tertiary/aromatic N) is 2. The molecule has 1 aromatic heterocycles. The average Bonchev–Trinajstić information content (AvgIpc) is 2.85. The molecule has 108 valence electrons. The zero-order chi connectivity index (χ0) is 14.1. The first kappa shape index (κ1) is 14.3. The van der Waals surface area contributed by atoms with Gasteiger partial charge in [-0.05, 0) is 50.8 Å². The molecule has 0 saturated carbocycles. The second-order valence-electron chi connectivity index (χ2n) is 5.43. The molecule has 3 nitrogen and oxygen atoms in total. The van der Waals surface area contributed by atoms with E-state index in [0.29, 0.717) is 18.2 Å². The van der Waals surface area contributed by atoms with E-state index < -0.39 is 0 Å². The van der Waals surface area contributed by atoms with Crippen LogP contribution in [0.15, 0.2) is 28.6 Å². The summed E-state index contributed by atoms with van der Waals surface area (Å²) in [6.07, 6.45) is 2.59. The van der Waals surface area contributed by atoms with Crippen molar-refractivity contribution in [3.63, 3.8) is 0 Å². The largest absolute Gasteiger partial charge is 0.381 e. The molecule has 1 saturated heterocycles. The summed E-state index contributed by atoms with van der Waals surface area (Å²) in [5, 5.41) is 0. The highest BCUT2D eigenvalue weighted by atomic mass is 32.2. The summed E-state index contributed by atoms with van der Waals surface area (Å²) >= 11 is 3.58. The van der Waals surface area contributed by atoms with E-state index in [1.54, 1.807) is 23.3 Å². The van der Waals surface area contributed by atoms with Crippen molar-refractivity contribution in [3.05, 3.63) is 24.3 Å². The summed E-state index contributed by atoms with van der Waals surface area (Å²) in [5.74, 6) is 0. The predicted molar refractivity (Wildman–Crippen MR) is 86.3 cm³/mol. The van der Waals surface area contributed by atoms with E-state index in [1.807, 2.05) is 13.2 Å². The van der Waals surface area contributed by atoms with Gasteiger partial charge in [-0.2, -0.15) is 0 Å². The molecule has 0 aliphatic carbocycles. The molecule has 1 aliphatic rings. The first-order chi connectivity index (χ1) is 9.67. The smallest absolute Gasteiger partial charge is 0.166 e. The number of hydrogen-bond donors (Lipinski definition) is 0. The third-order valence-corrected chi connectivity index (χ3v) is 6.35. The Bertz CT molecular complexity index is 541. The van der Waals surface area contributed by atoms with Gasteiger partial charge in [0.15, 0.2) is 4.34 Å². The van der Waals surface area contributed by atoms with Crippen LogP contribution in [0.1, 0.15) is 26.7 Å². The Morgan fingerprint density at radius 2 is 1.95 bits per heavy atom. The molecule has 5 heteroatoms. The number of benzene rings is 1. The quantitative estimate of drug-likeness (QED) is 0.794. The van der Waals surface area contributed by atoms with Crippen LogP contribution in [0.3, 0.4) is 0 Å². The summed E-state index contributed by atoms with van der Waals surface area (Å²) in [4.78, 5) is 4.72. The van der Waals surface area contributed by atoms with Gasteiger partial charge in [0, 0.05) is 19.2 Å². The standard InChI is InChI=1S/C15H20N2OS2/c1-10-8-12(18-3)9-11(2)17(10)20-15-16-13-6-4-5-7-14(13)19-15/h4-7,10-12H,8-9H2,1-3H3. The number of para-hydroxylation sites is 1. The molecule has 0 bridgehead atoms. The van der Waals surface area contributed by atoms with E-state index in [-0.39, 0.29) is 0 Å². The molecule has 20 heavy (non-hydrogen) atoms. The Hall–Kier alpha value is -0.620. The van der Waals surface area contributed by atoms with Crippen LogP contribution >= 0.6 is 23.3 Å². The lowest BCUT2D eigenvalue weighted by atomic mass is 9.98. The minimum absolute atomic E-state index is 0.396. The Morgan fingerprint density at radius 3 is 2.60 bits per heavy atom. The van der Waals surface area contributed by atoms with E-state index in [2.05, 4.69) is 36.4 Å². The maximum atomic E-state index is 5.53. The van der Waals surface area contributed by atoms with Gasteiger partial charge in [0.25, 0.3) is 0 Å². The van der Waals surface area contributed by atoms with Gasteiger partial charge >= 0.3 is 0 Å². The zero-order valence-corrected chi connectivity index (χ0v) is 13.7. The normalized spacial score (nSPS) is 28.1. The van der Waals surface area contributed by atoms with Crippen molar-refractivity contribution < 1.29 is 4.74 Å². The molecule has 0 N–H and O–H groups in total. The summed E-state index contributed by atoms with van der Waals surface area (Å²) in [6, 6.07) is 9.37. The SMILES string of the molecule is COC1CC(C)N(Sc2nc3ccccc3s2)C(C)C1. The van der Waals surface area contributed by atoms with E-state index in [0.717, 1.165) is 22.7 Å². The Balaban J connectivity index is 1.76. The average molecular weight is 308 g/mol. The number of piperidine rings is 1. The first-order valence-corrected chi connectivity index (χ1v) is 8.61. The molecule has 0 radical (unpaired) electrons. The summed E-state index contributed by atoms with van der Waals surface area (Å²) < 4.78 is 10.4. The lowest BCUT2D eigenvalue weighted by Crippen LogP contribution is -2.44. The molecule has 1 aliphatic heterocycles. The number of hydrogen-bond acceptors (Lipinski definition) is 5. The molecule has 2 aromatic rings. The van der Waals surface area contributed by atoms with Gasteiger partial charge in [-0.15, -0.1) is 11.3 Å². The first-order valence-electron chi connectivity index (χ1n) is 7.02. The molecular weight excluding hydrogens is 288 g/mol. The Morgan fingerprint density at radius 1 is 1.25 bits per heavy atom. The number of thiazole rings is 1. The fourth-order valence-corrected chi connectivity index (χ4v) is 5.08. The molecule has 1 aromatic carbocycles. The van der Waals surface area contributed by atoms with Crippen molar-refractivity contribution in [1.82, 2.24) is 9.29 Å². The third kappa shape index (κ3) is 2.86. The van der Waals surface area contributed by atoms with Gasteiger partial charge in [0.1, 0.15) is 0 Å². The highest BCUT2D eigenvalue weighted by molar-refractivity contribution is 7.99. The van der Waals surface area contributed by atoms with Crippen molar-refractivity contribution in [2.75, 3.05) is 7.11 Å². The predicted octanol–water partition coefficient (Wildman–Crippen LogP) is 4.19. The van der Waals surface area contributed by atoms with E-state index in [1.165, 1.54) is 4.70 Å². The number of aromatic nitrogens is 1. The van der Waals surface area contributed by atoms with Crippen molar-refractivity contribution in [3.8, 4) is 0 Å². The van der Waals surface area contributed by atoms with Gasteiger partial charge in [0.2, 0.25) is 0 Å². The van der Waals surface area contributed by atoms with E-state index in [4.69, 9.17) is 9.72 Å². The van der Waals surface area contributed by atoms with Crippen LogP contribution in [0.4, 0.5) is 0 Å². The van der Waals surface area contributed by atoms with Crippen molar-refractivity contribution >= 4 is 33.5 Å². The van der Waals surface area contributed by atoms with Crippen molar-refractivity contribution in [2.24, 2.45) is 0 Å². The summed E-state index contributed by atoms with van der Waals surface area (Å²) in [6.45, 7) is 4.56. The Kier molecular flexibility index (Phi) is 4.31. The monoisotopic (exact) mass is 308 g/mol. The molecule has 2 heterocycles. The number of fused-ring (bicyclic) bond motifs is 1. The van der Waals surface area contributed by atoms with Crippen LogP contribution in [0.5, 0.6) is 0 Å². The highest BCUT2D eigenvalue weighted by Gasteiger charge is 2.32. The summed E-state index contributed by atoms with van der Waals surface area (Å²) in [7, 11) is 1.82. The topological polar surface area (TPSA) is 25.4 Å². The fourth-order valence-electron chi connectivity index (χ4n) is 2.85. The second-order valence-corrected chi connectivity index (χ2v) is 7.71. The Labute approximate surface area is 128 Å². The lowest BCUT2D eigenvalue weighted by Gasteiger charge is -2.40. The van der Waals surface area contributed by atoms with E-state index >= 15 is 0 Å². The maximum Gasteiger partial charge on any atom is 0.166 e. The molecule has 2 unspecified atom stereocenters. The van der Waals surface area contributed by atoms with Gasteiger partial charge in [0.05, 0.1) is 16.3 Å². The van der Waals surface area contributed by atoms with Gasteiger partial charge in [-0.25, -0.2) is 9.29 Å². The molecule has 3 rings (SSSR count). The fraction of sp³-hybridized carbons (Fsp3) is 0.533. The van der Waals surface area contributed by atoms with Crippen molar-refractivity contribution in [1.29, 1.82) is 0 Å². The highest BCUT2D eigenvalue weighted by Crippen LogP contribution is 2.37. The van der Waals surface area contributed by atoms with Crippen LogP contribution in [-0.4, -0.2) is 34.6 Å². The summed E-state index contributed by atoms with van der Waals surface area (Å²) in [5.41, 5.74) is 1.10. The second kappa shape index (κ2) is 6.02. The lowest BCUT2D eigenvalue weighted by molar-refractivity contribution is 0.0251.